The monoisotopic (exact) mass is 313 g/mol. The van der Waals surface area contributed by atoms with Gasteiger partial charge in [0.05, 0.1) is 0 Å². The molecule has 1 amide bonds. The molecule has 1 atom stereocenters. The molecule has 8 heteroatoms. The number of primary amides is 1. The summed E-state index contributed by atoms with van der Waals surface area (Å²) in [5.74, 6) is 0.460. The van der Waals surface area contributed by atoms with E-state index in [0.717, 1.165) is 19.3 Å². The first-order valence-corrected chi connectivity index (χ1v) is 8.36. The minimum Gasteiger partial charge on any atom is -0.368 e. The lowest BCUT2D eigenvalue weighted by atomic mass is 9.94. The van der Waals surface area contributed by atoms with E-state index in [2.05, 4.69) is 15.5 Å². The third-order valence-corrected chi connectivity index (χ3v) is 4.98. The predicted molar refractivity (Wildman–Crippen MR) is 82.2 cm³/mol. The Labute approximate surface area is 128 Å². The van der Waals surface area contributed by atoms with Crippen LogP contribution in [0.1, 0.15) is 33.1 Å². The quantitative estimate of drug-likeness (QED) is 0.569. The topological polar surface area (TPSA) is 106 Å². The van der Waals surface area contributed by atoms with Crippen molar-refractivity contribution < 1.29 is 4.79 Å². The molecule has 1 aliphatic carbocycles. The van der Waals surface area contributed by atoms with Gasteiger partial charge in [0.2, 0.25) is 5.91 Å². The molecule has 0 saturated heterocycles. The van der Waals surface area contributed by atoms with Crippen molar-refractivity contribution in [3.05, 3.63) is 10.5 Å². The second kappa shape index (κ2) is 6.65. The van der Waals surface area contributed by atoms with E-state index in [-0.39, 0.29) is 17.5 Å². The van der Waals surface area contributed by atoms with Crippen LogP contribution in [0.2, 0.25) is 0 Å². The second-order valence-electron chi connectivity index (χ2n) is 5.39. The summed E-state index contributed by atoms with van der Waals surface area (Å²) < 4.78 is 1.61. The molecule has 118 valence electrons. The molecule has 1 fully saturated rings. The standard InChI is InChI=1S/C13H23N5O2S/c1-3-7-18-11(20)16-17-12(18)21-8-13(10(14)19,15-4-2)9-5-6-9/h9,15H,3-8H2,1-2H3,(H2,14,19)(H,16,20). The van der Waals surface area contributed by atoms with Crippen LogP contribution in [0.25, 0.3) is 0 Å². The van der Waals surface area contributed by atoms with Gasteiger partial charge in [-0.05, 0) is 31.7 Å². The Balaban J connectivity index is 2.15. The number of nitrogens with one attached hydrogen (secondary N) is 2. The normalized spacial score (nSPS) is 17.6. The zero-order valence-corrected chi connectivity index (χ0v) is 13.3. The number of carbonyl (C=O) groups excluding carboxylic acids is 1. The number of likely N-dealkylation sites (N-methyl/N-ethyl adjacent to an activating group) is 1. The fraction of sp³-hybridized carbons (Fsp3) is 0.769. The summed E-state index contributed by atoms with van der Waals surface area (Å²) in [4.78, 5) is 23.7. The summed E-state index contributed by atoms with van der Waals surface area (Å²) in [6.07, 6.45) is 2.88. The Kier molecular flexibility index (Phi) is 5.10. The summed E-state index contributed by atoms with van der Waals surface area (Å²) in [6, 6.07) is 0. The Morgan fingerprint density at radius 1 is 1.57 bits per heavy atom. The van der Waals surface area contributed by atoms with Gasteiger partial charge in [0.15, 0.2) is 5.16 Å². The molecule has 21 heavy (non-hydrogen) atoms. The zero-order chi connectivity index (χ0) is 15.5. The van der Waals surface area contributed by atoms with Crippen molar-refractivity contribution in [2.75, 3.05) is 12.3 Å². The zero-order valence-electron chi connectivity index (χ0n) is 12.5. The summed E-state index contributed by atoms with van der Waals surface area (Å²) in [6.45, 7) is 5.27. The highest BCUT2D eigenvalue weighted by atomic mass is 32.2. The smallest absolute Gasteiger partial charge is 0.343 e. The summed E-state index contributed by atoms with van der Waals surface area (Å²) in [7, 11) is 0. The van der Waals surface area contributed by atoms with Crippen molar-refractivity contribution in [2.24, 2.45) is 11.7 Å². The van der Waals surface area contributed by atoms with Gasteiger partial charge in [-0.3, -0.25) is 9.36 Å². The molecule has 1 unspecified atom stereocenters. The second-order valence-corrected chi connectivity index (χ2v) is 6.33. The van der Waals surface area contributed by atoms with E-state index in [4.69, 9.17) is 5.73 Å². The minimum absolute atomic E-state index is 0.209. The molecule has 0 aliphatic heterocycles. The molecule has 1 saturated carbocycles. The van der Waals surface area contributed by atoms with Gasteiger partial charge < -0.3 is 11.1 Å². The molecular formula is C13H23N5O2S. The van der Waals surface area contributed by atoms with Gasteiger partial charge >= 0.3 is 5.69 Å². The highest BCUT2D eigenvalue weighted by Gasteiger charge is 2.49. The van der Waals surface area contributed by atoms with Crippen LogP contribution in [-0.4, -0.2) is 38.5 Å². The van der Waals surface area contributed by atoms with Crippen molar-refractivity contribution in [1.29, 1.82) is 0 Å². The number of aromatic nitrogens is 3. The molecule has 0 radical (unpaired) electrons. The van der Waals surface area contributed by atoms with Crippen molar-refractivity contribution >= 4 is 17.7 Å². The fourth-order valence-electron chi connectivity index (χ4n) is 2.58. The van der Waals surface area contributed by atoms with Crippen LogP contribution in [0, 0.1) is 5.92 Å². The van der Waals surface area contributed by atoms with Crippen LogP contribution in [0.4, 0.5) is 0 Å². The number of thioether (sulfide) groups is 1. The maximum atomic E-state index is 12.0. The lowest BCUT2D eigenvalue weighted by molar-refractivity contribution is -0.124. The average Bonchev–Trinajstić information content (AvgIpc) is 3.23. The minimum atomic E-state index is -0.703. The van der Waals surface area contributed by atoms with Crippen molar-refractivity contribution in [3.8, 4) is 0 Å². The number of nitrogens with zero attached hydrogens (tertiary/aromatic N) is 2. The first kappa shape index (κ1) is 16.1. The number of aromatic amines is 1. The van der Waals surface area contributed by atoms with E-state index in [9.17, 15) is 9.59 Å². The van der Waals surface area contributed by atoms with Gasteiger partial charge in [0.25, 0.3) is 0 Å². The molecule has 1 aliphatic rings. The maximum absolute atomic E-state index is 12.0. The number of hydrogen-bond donors (Lipinski definition) is 3. The molecule has 1 heterocycles. The van der Waals surface area contributed by atoms with Gasteiger partial charge in [-0.2, -0.15) is 0 Å². The van der Waals surface area contributed by atoms with E-state index in [1.807, 2.05) is 13.8 Å². The Bertz CT molecular complexity index is 551. The molecule has 4 N–H and O–H groups in total. The Morgan fingerprint density at radius 3 is 2.81 bits per heavy atom. The number of hydrogen-bond acceptors (Lipinski definition) is 5. The van der Waals surface area contributed by atoms with Crippen LogP contribution >= 0.6 is 11.8 Å². The van der Waals surface area contributed by atoms with Gasteiger partial charge in [-0.25, -0.2) is 9.89 Å². The predicted octanol–water partition coefficient (Wildman–Crippen LogP) is 0.317. The van der Waals surface area contributed by atoms with Crippen molar-refractivity contribution in [3.63, 3.8) is 0 Å². The van der Waals surface area contributed by atoms with E-state index in [0.29, 0.717) is 24.0 Å². The van der Waals surface area contributed by atoms with Crippen LogP contribution in [0.15, 0.2) is 9.95 Å². The van der Waals surface area contributed by atoms with Crippen LogP contribution in [0.3, 0.4) is 0 Å². The van der Waals surface area contributed by atoms with Gasteiger partial charge in [0, 0.05) is 12.3 Å². The fourth-order valence-corrected chi connectivity index (χ4v) is 3.85. The molecule has 0 bridgehead atoms. The SMILES string of the molecule is CCCn1c(SCC(NCC)(C(N)=O)C2CC2)n[nH]c1=O. The first-order chi connectivity index (χ1) is 10.0. The molecular weight excluding hydrogens is 290 g/mol. The summed E-state index contributed by atoms with van der Waals surface area (Å²) in [5, 5.41) is 10.4. The number of carbonyl (C=O) groups is 1. The van der Waals surface area contributed by atoms with Crippen molar-refractivity contribution in [2.45, 2.75) is 50.4 Å². The van der Waals surface area contributed by atoms with Gasteiger partial charge in [0.1, 0.15) is 5.54 Å². The van der Waals surface area contributed by atoms with Gasteiger partial charge in [-0.15, -0.1) is 5.10 Å². The third-order valence-electron chi connectivity index (χ3n) is 3.81. The van der Waals surface area contributed by atoms with E-state index >= 15 is 0 Å². The highest BCUT2D eigenvalue weighted by Crippen LogP contribution is 2.42. The molecule has 1 aromatic rings. The average molecular weight is 313 g/mol. The molecule has 0 aromatic carbocycles. The first-order valence-electron chi connectivity index (χ1n) is 7.38. The lowest BCUT2D eigenvalue weighted by Crippen LogP contribution is -2.59. The van der Waals surface area contributed by atoms with Crippen LogP contribution < -0.4 is 16.7 Å². The number of amides is 1. The number of nitrogens with two attached hydrogens (primary N) is 1. The van der Waals surface area contributed by atoms with E-state index in [1.54, 1.807) is 4.57 Å². The molecule has 7 nitrogen and oxygen atoms in total. The molecule has 1 aromatic heterocycles. The highest BCUT2D eigenvalue weighted by molar-refractivity contribution is 7.99. The van der Waals surface area contributed by atoms with E-state index < -0.39 is 5.54 Å². The van der Waals surface area contributed by atoms with Crippen LogP contribution in [-0.2, 0) is 11.3 Å². The number of rotatable bonds is 9. The largest absolute Gasteiger partial charge is 0.368 e. The Morgan fingerprint density at radius 2 is 2.29 bits per heavy atom. The van der Waals surface area contributed by atoms with Crippen LogP contribution in [0.5, 0.6) is 0 Å². The summed E-state index contributed by atoms with van der Waals surface area (Å²) >= 11 is 1.41. The molecule has 2 rings (SSSR count). The third kappa shape index (κ3) is 3.32. The number of H-pyrrole nitrogens is 1. The maximum Gasteiger partial charge on any atom is 0.343 e. The molecule has 0 spiro atoms. The summed E-state index contributed by atoms with van der Waals surface area (Å²) in [5.41, 5.74) is 4.74. The Hall–Kier alpha value is -1.28. The van der Waals surface area contributed by atoms with Crippen molar-refractivity contribution in [1.82, 2.24) is 20.1 Å². The lowest BCUT2D eigenvalue weighted by Gasteiger charge is -2.31. The van der Waals surface area contributed by atoms with E-state index in [1.165, 1.54) is 11.8 Å². The van der Waals surface area contributed by atoms with Gasteiger partial charge in [-0.1, -0.05) is 25.6 Å².